The molecule has 0 aliphatic carbocycles. The number of carbonyl (C=O) groups is 3. The van der Waals surface area contributed by atoms with E-state index in [1.54, 1.807) is 24.3 Å². The van der Waals surface area contributed by atoms with Crippen LogP contribution < -0.4 is 10.6 Å². The van der Waals surface area contributed by atoms with Crippen LogP contribution in [0, 0.1) is 0 Å². The fraction of sp³-hybridized carbons (Fsp3) is 0.500. The molecule has 130 valence electrons. The number of hydrogen-bond donors (Lipinski definition) is 2. The molecule has 1 saturated heterocycles. The van der Waals surface area contributed by atoms with Crippen LogP contribution in [0.3, 0.4) is 0 Å². The van der Waals surface area contributed by atoms with Gasteiger partial charge in [0.25, 0.3) is 0 Å². The van der Waals surface area contributed by atoms with E-state index in [9.17, 15) is 14.4 Å². The molecule has 0 bridgehead atoms. The number of nitrogens with one attached hydrogen (secondary N) is 2. The van der Waals surface area contributed by atoms with Crippen LogP contribution in [0.4, 0.5) is 4.79 Å². The molecule has 24 heavy (non-hydrogen) atoms. The first-order valence-corrected chi connectivity index (χ1v) is 8.37. The molecule has 6 heteroatoms. The maximum absolute atomic E-state index is 11.8. The second-order valence-electron chi connectivity index (χ2n) is 6.06. The number of esters is 1. The highest BCUT2D eigenvalue weighted by atomic mass is 16.5. The Bertz CT molecular complexity index is 574. The number of benzene rings is 1. The molecule has 0 radical (unpaired) electrons. The topological polar surface area (TPSA) is 84.5 Å². The Hall–Kier alpha value is -2.37. The van der Waals surface area contributed by atoms with Gasteiger partial charge in [-0.1, -0.05) is 43.2 Å². The number of hydrogen-bond acceptors (Lipinski definition) is 4. The van der Waals surface area contributed by atoms with Gasteiger partial charge in [-0.2, -0.15) is 0 Å². The van der Waals surface area contributed by atoms with E-state index in [1.807, 2.05) is 13.0 Å². The van der Waals surface area contributed by atoms with E-state index < -0.39 is 0 Å². The zero-order valence-corrected chi connectivity index (χ0v) is 13.9. The van der Waals surface area contributed by atoms with E-state index >= 15 is 0 Å². The highest BCUT2D eigenvalue weighted by Crippen LogP contribution is 2.12. The van der Waals surface area contributed by atoms with E-state index in [2.05, 4.69) is 10.6 Å². The minimum Gasteiger partial charge on any atom is -0.457 e. The normalized spacial score (nSPS) is 19.5. The molecule has 2 amide bonds. The van der Waals surface area contributed by atoms with Gasteiger partial charge < -0.3 is 15.4 Å². The second kappa shape index (κ2) is 9.05. The fourth-order valence-corrected chi connectivity index (χ4v) is 2.70. The number of amides is 2. The van der Waals surface area contributed by atoms with Crippen molar-refractivity contribution < 1.29 is 19.1 Å². The number of Topliss-reactive ketones (excluding diaryl/α,β-unsaturated/α-hetero) is 1. The molecule has 1 aliphatic rings. The third-order valence-electron chi connectivity index (χ3n) is 4.13. The SMILES string of the molecule is C[C@@H]1NC(=O)N[C@@H]1CCCCCC(=O)OCC(=O)c1ccccc1. The van der Waals surface area contributed by atoms with Gasteiger partial charge in [-0.25, -0.2) is 4.79 Å². The first kappa shape index (κ1) is 18.0. The van der Waals surface area contributed by atoms with Gasteiger partial charge in [-0.05, 0) is 19.8 Å². The summed E-state index contributed by atoms with van der Waals surface area (Å²) in [6.07, 6.45) is 3.75. The molecule has 2 atom stereocenters. The Morgan fingerprint density at radius 3 is 2.50 bits per heavy atom. The minimum absolute atomic E-state index is 0.112. The van der Waals surface area contributed by atoms with Gasteiger partial charge in [-0.15, -0.1) is 0 Å². The molecule has 0 unspecified atom stereocenters. The van der Waals surface area contributed by atoms with Crippen molar-refractivity contribution in [2.45, 2.75) is 51.1 Å². The Labute approximate surface area is 142 Å². The van der Waals surface area contributed by atoms with Crippen LogP contribution >= 0.6 is 0 Å². The van der Waals surface area contributed by atoms with Gasteiger partial charge in [0.15, 0.2) is 12.4 Å². The van der Waals surface area contributed by atoms with Crippen molar-refractivity contribution in [3.8, 4) is 0 Å². The summed E-state index contributed by atoms with van der Waals surface area (Å²) in [5, 5.41) is 5.68. The summed E-state index contributed by atoms with van der Waals surface area (Å²) in [5.41, 5.74) is 0.548. The van der Waals surface area contributed by atoms with Crippen LogP contribution in [-0.2, 0) is 9.53 Å². The first-order chi connectivity index (χ1) is 11.6. The monoisotopic (exact) mass is 332 g/mol. The molecular weight excluding hydrogens is 308 g/mol. The molecule has 2 N–H and O–H groups in total. The molecule has 0 aromatic heterocycles. The van der Waals surface area contributed by atoms with Crippen molar-refractivity contribution in [1.82, 2.24) is 10.6 Å². The Morgan fingerprint density at radius 1 is 1.08 bits per heavy atom. The lowest BCUT2D eigenvalue weighted by atomic mass is 10.0. The number of carbonyl (C=O) groups excluding carboxylic acids is 3. The number of ketones is 1. The van der Waals surface area contributed by atoms with Crippen LogP contribution in [-0.4, -0.2) is 36.5 Å². The van der Waals surface area contributed by atoms with Crippen LogP contribution in [0.25, 0.3) is 0 Å². The summed E-state index contributed by atoms with van der Waals surface area (Å²) in [6.45, 7) is 1.77. The molecule has 1 aromatic carbocycles. The average molecular weight is 332 g/mol. The molecule has 1 aromatic rings. The maximum atomic E-state index is 11.8. The second-order valence-corrected chi connectivity index (χ2v) is 6.06. The van der Waals surface area contributed by atoms with Crippen molar-refractivity contribution >= 4 is 17.8 Å². The largest absolute Gasteiger partial charge is 0.457 e. The van der Waals surface area contributed by atoms with Gasteiger partial charge >= 0.3 is 12.0 Å². The summed E-state index contributed by atoms with van der Waals surface area (Å²) in [4.78, 5) is 34.6. The van der Waals surface area contributed by atoms with E-state index in [0.29, 0.717) is 12.0 Å². The predicted molar refractivity (Wildman–Crippen MR) is 89.7 cm³/mol. The quantitative estimate of drug-likeness (QED) is 0.413. The molecular formula is C18H24N2O4. The van der Waals surface area contributed by atoms with Crippen molar-refractivity contribution in [3.05, 3.63) is 35.9 Å². The molecule has 0 saturated carbocycles. The minimum atomic E-state index is -0.344. The fourth-order valence-electron chi connectivity index (χ4n) is 2.70. The number of rotatable bonds is 9. The van der Waals surface area contributed by atoms with Crippen LogP contribution in [0.15, 0.2) is 30.3 Å². The van der Waals surface area contributed by atoms with Crippen LogP contribution in [0.1, 0.15) is 49.4 Å². The predicted octanol–water partition coefficient (Wildman–Crippen LogP) is 2.43. The van der Waals surface area contributed by atoms with E-state index in [-0.39, 0.29) is 36.5 Å². The Morgan fingerprint density at radius 2 is 1.83 bits per heavy atom. The Balaban J connectivity index is 1.54. The highest BCUT2D eigenvalue weighted by molar-refractivity contribution is 5.97. The third kappa shape index (κ3) is 5.68. The third-order valence-corrected chi connectivity index (χ3v) is 4.13. The Kier molecular flexibility index (Phi) is 6.78. The molecule has 1 heterocycles. The molecule has 1 aliphatic heterocycles. The molecule has 6 nitrogen and oxygen atoms in total. The van der Waals surface area contributed by atoms with Gasteiger partial charge in [-0.3, -0.25) is 9.59 Å². The van der Waals surface area contributed by atoms with E-state index in [0.717, 1.165) is 25.7 Å². The lowest BCUT2D eigenvalue weighted by Gasteiger charge is -2.13. The summed E-state index contributed by atoms with van der Waals surface area (Å²) >= 11 is 0. The summed E-state index contributed by atoms with van der Waals surface area (Å²) in [7, 11) is 0. The maximum Gasteiger partial charge on any atom is 0.315 e. The van der Waals surface area contributed by atoms with Gasteiger partial charge in [0.05, 0.1) is 6.04 Å². The molecule has 2 rings (SSSR count). The first-order valence-electron chi connectivity index (χ1n) is 8.37. The van der Waals surface area contributed by atoms with Crippen molar-refractivity contribution in [2.75, 3.05) is 6.61 Å². The van der Waals surface area contributed by atoms with E-state index in [4.69, 9.17) is 4.74 Å². The lowest BCUT2D eigenvalue weighted by Crippen LogP contribution is -2.30. The van der Waals surface area contributed by atoms with Gasteiger partial charge in [0.1, 0.15) is 0 Å². The highest BCUT2D eigenvalue weighted by Gasteiger charge is 2.26. The van der Waals surface area contributed by atoms with Crippen molar-refractivity contribution in [2.24, 2.45) is 0 Å². The van der Waals surface area contributed by atoms with Gasteiger partial charge in [0.2, 0.25) is 0 Å². The lowest BCUT2D eigenvalue weighted by molar-refractivity contribution is -0.142. The van der Waals surface area contributed by atoms with Crippen molar-refractivity contribution in [1.29, 1.82) is 0 Å². The van der Waals surface area contributed by atoms with Gasteiger partial charge in [0, 0.05) is 18.0 Å². The molecule has 0 spiro atoms. The van der Waals surface area contributed by atoms with Crippen LogP contribution in [0.5, 0.6) is 0 Å². The standard InChI is InChI=1S/C18H24N2O4/c1-13-15(20-18(23)19-13)10-6-3-7-11-17(22)24-12-16(21)14-8-4-2-5-9-14/h2,4-5,8-9,13,15H,3,6-7,10-12H2,1H3,(H2,19,20,23)/t13-,15+/m0/s1. The summed E-state index contributed by atoms with van der Waals surface area (Å²) in [5.74, 6) is -0.536. The zero-order valence-electron chi connectivity index (χ0n) is 13.9. The van der Waals surface area contributed by atoms with Crippen molar-refractivity contribution in [3.63, 3.8) is 0 Å². The number of unbranched alkanes of at least 4 members (excludes halogenated alkanes) is 2. The number of ether oxygens (including phenoxy) is 1. The zero-order chi connectivity index (χ0) is 17.4. The smallest absolute Gasteiger partial charge is 0.315 e. The summed E-state index contributed by atoms with van der Waals surface area (Å²) in [6, 6.07) is 8.98. The summed E-state index contributed by atoms with van der Waals surface area (Å²) < 4.78 is 5.01. The molecule has 1 fully saturated rings. The van der Waals surface area contributed by atoms with Crippen LogP contribution in [0.2, 0.25) is 0 Å². The van der Waals surface area contributed by atoms with E-state index in [1.165, 1.54) is 0 Å². The number of urea groups is 1. The average Bonchev–Trinajstić information content (AvgIpc) is 2.90.